The predicted molar refractivity (Wildman–Crippen MR) is 86.6 cm³/mol. The van der Waals surface area contributed by atoms with Crippen LogP contribution in [-0.4, -0.2) is 23.3 Å². The lowest BCUT2D eigenvalue weighted by molar-refractivity contribution is -0.116. The van der Waals surface area contributed by atoms with Crippen LogP contribution >= 0.6 is 0 Å². The van der Waals surface area contributed by atoms with E-state index >= 15 is 0 Å². The number of Topliss-reactive ketones (excluding diaryl/α,β-unsaturated/α-hetero) is 2. The fourth-order valence-electron chi connectivity index (χ4n) is 2.68. The van der Waals surface area contributed by atoms with Crippen LogP contribution < -0.4 is 0 Å². The molecule has 0 radical (unpaired) electrons. The van der Waals surface area contributed by atoms with Gasteiger partial charge >= 0.3 is 0 Å². The SMILES string of the molecule is CC1=C(C)C(=O)C(Cc2ccc(CCCO)cc2)=C(C)C1=O. The molecular formula is C19H22O3. The van der Waals surface area contributed by atoms with E-state index in [4.69, 9.17) is 5.11 Å². The minimum atomic E-state index is -0.0216. The van der Waals surface area contributed by atoms with Crippen molar-refractivity contribution in [2.75, 3.05) is 6.61 Å². The summed E-state index contributed by atoms with van der Waals surface area (Å²) in [5, 5.41) is 8.85. The zero-order chi connectivity index (χ0) is 16.3. The highest BCUT2D eigenvalue weighted by Gasteiger charge is 2.27. The van der Waals surface area contributed by atoms with Gasteiger partial charge in [0, 0.05) is 35.3 Å². The van der Waals surface area contributed by atoms with E-state index in [1.807, 2.05) is 24.3 Å². The molecule has 3 heteroatoms. The fourth-order valence-corrected chi connectivity index (χ4v) is 2.68. The number of carbonyl (C=O) groups excluding carboxylic acids is 2. The molecule has 0 aliphatic heterocycles. The van der Waals surface area contributed by atoms with Gasteiger partial charge in [-0.25, -0.2) is 0 Å². The Morgan fingerprint density at radius 2 is 1.36 bits per heavy atom. The summed E-state index contributed by atoms with van der Waals surface area (Å²) in [6.07, 6.45) is 2.08. The van der Waals surface area contributed by atoms with Crippen molar-refractivity contribution in [2.45, 2.75) is 40.0 Å². The highest BCUT2D eigenvalue weighted by molar-refractivity contribution is 6.24. The summed E-state index contributed by atoms with van der Waals surface area (Å²) in [5.74, 6) is -0.0365. The Morgan fingerprint density at radius 1 is 0.818 bits per heavy atom. The number of carbonyl (C=O) groups is 2. The number of hydrogen-bond donors (Lipinski definition) is 1. The molecule has 0 fully saturated rings. The molecule has 0 unspecified atom stereocenters. The minimum absolute atomic E-state index is 0.0149. The highest BCUT2D eigenvalue weighted by Crippen LogP contribution is 2.26. The molecule has 2 rings (SSSR count). The van der Waals surface area contributed by atoms with Crippen LogP contribution in [-0.2, 0) is 22.4 Å². The van der Waals surface area contributed by atoms with Gasteiger partial charge < -0.3 is 5.11 Å². The second-order valence-electron chi connectivity index (χ2n) is 5.83. The normalized spacial score (nSPS) is 15.8. The van der Waals surface area contributed by atoms with Gasteiger partial charge in [0.2, 0.25) is 0 Å². The third kappa shape index (κ3) is 3.25. The average molecular weight is 298 g/mol. The molecule has 0 bridgehead atoms. The largest absolute Gasteiger partial charge is 0.396 e. The van der Waals surface area contributed by atoms with Crippen molar-refractivity contribution in [1.82, 2.24) is 0 Å². The second kappa shape index (κ2) is 6.84. The van der Waals surface area contributed by atoms with Crippen LogP contribution in [0.5, 0.6) is 0 Å². The van der Waals surface area contributed by atoms with E-state index in [0.717, 1.165) is 18.4 Å². The lowest BCUT2D eigenvalue weighted by Crippen LogP contribution is -2.21. The molecule has 116 valence electrons. The number of aliphatic hydroxyl groups is 1. The van der Waals surface area contributed by atoms with E-state index in [9.17, 15) is 9.59 Å². The molecule has 1 aromatic carbocycles. The Bertz CT molecular complexity index is 660. The van der Waals surface area contributed by atoms with Crippen LogP contribution in [0, 0.1) is 0 Å². The van der Waals surface area contributed by atoms with Gasteiger partial charge in [0.25, 0.3) is 0 Å². The van der Waals surface area contributed by atoms with Crippen LogP contribution in [0.4, 0.5) is 0 Å². The lowest BCUT2D eigenvalue weighted by atomic mass is 9.83. The van der Waals surface area contributed by atoms with E-state index in [2.05, 4.69) is 0 Å². The first-order chi connectivity index (χ1) is 10.5. The quantitative estimate of drug-likeness (QED) is 0.850. The van der Waals surface area contributed by atoms with Gasteiger partial charge in [-0.1, -0.05) is 24.3 Å². The summed E-state index contributed by atoms with van der Waals surface area (Å²) in [7, 11) is 0. The fraction of sp³-hybridized carbons (Fsp3) is 0.368. The van der Waals surface area contributed by atoms with Gasteiger partial charge in [-0.15, -0.1) is 0 Å². The molecule has 1 aliphatic rings. The van der Waals surface area contributed by atoms with E-state index in [0.29, 0.717) is 28.7 Å². The Balaban J connectivity index is 2.20. The van der Waals surface area contributed by atoms with Gasteiger partial charge in [0.15, 0.2) is 11.6 Å². The molecule has 1 aromatic rings. The van der Waals surface area contributed by atoms with Crippen molar-refractivity contribution in [1.29, 1.82) is 0 Å². The van der Waals surface area contributed by atoms with E-state index in [1.165, 1.54) is 5.56 Å². The summed E-state index contributed by atoms with van der Waals surface area (Å²) < 4.78 is 0. The molecule has 0 heterocycles. The topological polar surface area (TPSA) is 54.4 Å². The molecule has 0 saturated heterocycles. The summed E-state index contributed by atoms with van der Waals surface area (Å²) in [6.45, 7) is 5.36. The number of aliphatic hydroxyl groups excluding tert-OH is 1. The maximum Gasteiger partial charge on any atom is 0.185 e. The monoisotopic (exact) mass is 298 g/mol. The third-order valence-electron chi connectivity index (χ3n) is 4.34. The summed E-state index contributed by atoms with van der Waals surface area (Å²) >= 11 is 0. The maximum absolute atomic E-state index is 12.4. The van der Waals surface area contributed by atoms with Crippen LogP contribution in [0.3, 0.4) is 0 Å². The number of hydrogen-bond acceptors (Lipinski definition) is 3. The number of rotatable bonds is 5. The molecule has 0 atom stereocenters. The van der Waals surface area contributed by atoms with E-state index < -0.39 is 0 Å². The van der Waals surface area contributed by atoms with Gasteiger partial charge in [-0.05, 0) is 44.7 Å². The average Bonchev–Trinajstić information content (AvgIpc) is 2.54. The van der Waals surface area contributed by atoms with Gasteiger partial charge in [-0.3, -0.25) is 9.59 Å². The highest BCUT2D eigenvalue weighted by atomic mass is 16.2. The Kier molecular flexibility index (Phi) is 5.09. The van der Waals surface area contributed by atoms with Crippen LogP contribution in [0.15, 0.2) is 46.6 Å². The smallest absolute Gasteiger partial charge is 0.185 e. The molecule has 0 aromatic heterocycles. The number of benzene rings is 1. The standard InChI is InChI=1S/C19H22O3/c1-12-13(2)19(22)17(14(3)18(12)21)11-16-8-6-15(7-9-16)5-4-10-20/h6-9,20H,4-5,10-11H2,1-3H3. The van der Waals surface area contributed by atoms with E-state index in [1.54, 1.807) is 20.8 Å². The molecular weight excluding hydrogens is 276 g/mol. The van der Waals surface area contributed by atoms with Crippen molar-refractivity contribution in [3.8, 4) is 0 Å². The lowest BCUT2D eigenvalue weighted by Gasteiger charge is -2.18. The van der Waals surface area contributed by atoms with Crippen molar-refractivity contribution >= 4 is 11.6 Å². The molecule has 1 N–H and O–H groups in total. The first-order valence-corrected chi connectivity index (χ1v) is 7.61. The minimum Gasteiger partial charge on any atom is -0.396 e. The summed E-state index contributed by atoms with van der Waals surface area (Å²) in [6, 6.07) is 8.02. The Hall–Kier alpha value is -2.00. The second-order valence-corrected chi connectivity index (χ2v) is 5.83. The van der Waals surface area contributed by atoms with Gasteiger partial charge in [0.05, 0.1) is 0 Å². The molecule has 3 nitrogen and oxygen atoms in total. The van der Waals surface area contributed by atoms with Crippen LogP contribution in [0.2, 0.25) is 0 Å². The zero-order valence-corrected chi connectivity index (χ0v) is 13.4. The molecule has 0 amide bonds. The van der Waals surface area contributed by atoms with Crippen molar-refractivity contribution < 1.29 is 14.7 Å². The molecule has 22 heavy (non-hydrogen) atoms. The molecule has 0 spiro atoms. The third-order valence-corrected chi connectivity index (χ3v) is 4.34. The predicted octanol–water partition coefficient (Wildman–Crippen LogP) is 2.96. The maximum atomic E-state index is 12.4. The zero-order valence-electron chi connectivity index (χ0n) is 13.4. The van der Waals surface area contributed by atoms with Crippen molar-refractivity contribution in [3.05, 3.63) is 57.7 Å². The number of allylic oxidation sites excluding steroid dienone is 4. The Labute approximate surface area is 131 Å². The summed E-state index contributed by atoms with van der Waals surface area (Å²) in [4.78, 5) is 24.6. The van der Waals surface area contributed by atoms with E-state index in [-0.39, 0.29) is 18.2 Å². The van der Waals surface area contributed by atoms with Crippen LogP contribution in [0.25, 0.3) is 0 Å². The van der Waals surface area contributed by atoms with Crippen molar-refractivity contribution in [2.24, 2.45) is 0 Å². The van der Waals surface area contributed by atoms with Gasteiger partial charge in [-0.2, -0.15) is 0 Å². The first kappa shape index (κ1) is 16.4. The van der Waals surface area contributed by atoms with Crippen LogP contribution in [0.1, 0.15) is 38.3 Å². The number of ketones is 2. The Morgan fingerprint density at radius 3 is 1.95 bits per heavy atom. The molecule has 0 saturated carbocycles. The number of aryl methyl sites for hydroxylation is 1. The summed E-state index contributed by atoms with van der Waals surface area (Å²) in [5.41, 5.74) is 4.49. The first-order valence-electron chi connectivity index (χ1n) is 7.61. The molecule has 1 aliphatic carbocycles. The van der Waals surface area contributed by atoms with Gasteiger partial charge in [0.1, 0.15) is 0 Å². The van der Waals surface area contributed by atoms with Crippen molar-refractivity contribution in [3.63, 3.8) is 0 Å².